The number of nitrogens with zero attached hydrogens (tertiary/aromatic N) is 5. The van der Waals surface area contributed by atoms with E-state index in [2.05, 4.69) is 23.8 Å². The van der Waals surface area contributed by atoms with E-state index in [0.717, 1.165) is 7.11 Å². The molecule has 0 saturated carbocycles. The summed E-state index contributed by atoms with van der Waals surface area (Å²) in [6, 6.07) is 0. The Bertz CT molecular complexity index is 1760. The van der Waals surface area contributed by atoms with Gasteiger partial charge in [-0.3, -0.25) is 22.9 Å². The van der Waals surface area contributed by atoms with Gasteiger partial charge in [-0.2, -0.15) is 4.31 Å². The van der Waals surface area contributed by atoms with Crippen LogP contribution in [-0.2, 0) is 45.8 Å². The Balaban J connectivity index is 0.000000894. The number of phosphoric ester groups is 3. The number of carbonyl (C=O) groups is 1. The van der Waals surface area contributed by atoms with Gasteiger partial charge < -0.3 is 65.8 Å². The smallest absolute Gasteiger partial charge is 0.390 e. The number of anilines is 1. The lowest BCUT2D eigenvalue weighted by molar-refractivity contribution is -0.195. The molecule has 286 valence electrons. The van der Waals surface area contributed by atoms with Crippen molar-refractivity contribution in [2.75, 3.05) is 32.7 Å². The quantitative estimate of drug-likeness (QED) is 0.0977. The lowest BCUT2D eigenvalue weighted by Crippen LogP contribution is -2.49. The summed E-state index contributed by atoms with van der Waals surface area (Å²) in [5.41, 5.74) is 11.7. The fourth-order valence-corrected chi connectivity index (χ4v) is 7.00. The van der Waals surface area contributed by atoms with Crippen molar-refractivity contribution in [3.8, 4) is 0 Å². The van der Waals surface area contributed by atoms with E-state index in [1.807, 2.05) is 0 Å². The van der Waals surface area contributed by atoms with E-state index in [1.165, 1.54) is 34.5 Å². The van der Waals surface area contributed by atoms with E-state index in [-0.39, 0.29) is 35.6 Å². The molecule has 2 aromatic heterocycles. The van der Waals surface area contributed by atoms with Gasteiger partial charge in [0.25, 0.3) is 0 Å². The standard InChI is InChI=1S/C22H31N7O14P2.CH5O4P/c23-18-13-20(26-8-25-18)29(9-27-13)22-16(32)14(30)11(5-39-22)6-40-44(35,36)43-45(37,38)41-7-12-15(31)17(33)21(42-12)28-3-1-2-10(4-28)19(24)34;1-5-6(2,3)4/h1,3-4,8-9,11-12,14-17,21-22,30-33H,2,5-7H2,(H2,24,34)(H,35,36)(H,37,38)(H2,23,25,26);1H3,(H2,2,3,4). The maximum absolute atomic E-state index is 12.4. The second kappa shape index (κ2) is 16.5. The first-order valence-electron chi connectivity index (χ1n) is 14.4. The molecule has 0 spiro atoms. The van der Waals surface area contributed by atoms with Crippen molar-refractivity contribution >= 4 is 46.4 Å². The molecule has 2 aromatic rings. The molecule has 3 aliphatic heterocycles. The van der Waals surface area contributed by atoms with Gasteiger partial charge in [0.1, 0.15) is 36.3 Å². The Labute approximate surface area is 287 Å². The van der Waals surface area contributed by atoms with Crippen molar-refractivity contribution in [3.63, 3.8) is 0 Å². The number of imidazole rings is 1. The zero-order valence-corrected chi connectivity index (χ0v) is 28.9. The molecule has 10 atom stereocenters. The fraction of sp³-hybridized carbons (Fsp3) is 0.565. The van der Waals surface area contributed by atoms with Crippen molar-refractivity contribution in [3.05, 3.63) is 36.7 Å². The number of aromatic nitrogens is 4. The molecular formula is C23H36N7O18P3. The lowest BCUT2D eigenvalue weighted by Gasteiger charge is -2.37. The summed E-state index contributed by atoms with van der Waals surface area (Å²) in [4.78, 5) is 60.2. The first-order chi connectivity index (χ1) is 23.7. The van der Waals surface area contributed by atoms with Crippen LogP contribution in [0, 0.1) is 5.92 Å². The first-order valence-corrected chi connectivity index (χ1v) is 18.9. The van der Waals surface area contributed by atoms with Gasteiger partial charge >= 0.3 is 23.5 Å². The number of amides is 1. The van der Waals surface area contributed by atoms with Crippen molar-refractivity contribution in [2.24, 2.45) is 11.7 Å². The summed E-state index contributed by atoms with van der Waals surface area (Å²) in [5, 5.41) is 42.1. The Morgan fingerprint density at radius 2 is 1.59 bits per heavy atom. The van der Waals surface area contributed by atoms with Crippen molar-refractivity contribution in [1.82, 2.24) is 24.4 Å². The molecule has 1 amide bonds. The molecule has 0 aromatic carbocycles. The second-order valence-electron chi connectivity index (χ2n) is 10.9. The van der Waals surface area contributed by atoms with Crippen molar-refractivity contribution < 1.29 is 85.8 Å². The number of fused-ring (bicyclic) bond motifs is 1. The Hall–Kier alpha value is -2.77. The summed E-state index contributed by atoms with van der Waals surface area (Å²) < 4.78 is 64.2. The molecule has 51 heavy (non-hydrogen) atoms. The predicted octanol–water partition coefficient (Wildman–Crippen LogP) is -2.71. The number of hydrogen-bond acceptors (Lipinski definition) is 19. The zero-order chi connectivity index (χ0) is 37.9. The summed E-state index contributed by atoms with van der Waals surface area (Å²) >= 11 is 0. The van der Waals surface area contributed by atoms with Crippen LogP contribution in [0.25, 0.3) is 11.2 Å². The third kappa shape index (κ3) is 10.4. The minimum Gasteiger partial charge on any atom is -0.390 e. The van der Waals surface area contributed by atoms with Crippen LogP contribution in [0.2, 0.25) is 0 Å². The average Bonchev–Trinajstić information content (AvgIpc) is 3.61. The summed E-state index contributed by atoms with van der Waals surface area (Å²) in [6.45, 7) is -1.95. The van der Waals surface area contributed by atoms with E-state index in [0.29, 0.717) is 0 Å². The largest absolute Gasteiger partial charge is 0.481 e. The molecule has 2 saturated heterocycles. The number of allylic oxidation sites excluding steroid dienone is 1. The molecule has 0 aliphatic carbocycles. The topological polar surface area (TPSA) is 384 Å². The molecule has 3 aliphatic rings. The Morgan fingerprint density at radius 1 is 0.961 bits per heavy atom. The predicted molar refractivity (Wildman–Crippen MR) is 165 cm³/mol. The first kappa shape index (κ1) is 41.0. The van der Waals surface area contributed by atoms with E-state index < -0.39 is 91.5 Å². The maximum atomic E-state index is 12.4. The van der Waals surface area contributed by atoms with Gasteiger partial charge in [-0.15, -0.1) is 0 Å². The molecule has 25 nitrogen and oxygen atoms in total. The van der Waals surface area contributed by atoms with E-state index in [4.69, 9.17) is 39.8 Å². The Morgan fingerprint density at radius 3 is 2.22 bits per heavy atom. The van der Waals surface area contributed by atoms with Crippen molar-refractivity contribution in [1.29, 1.82) is 0 Å². The number of ether oxygens (including phenoxy) is 2. The third-order valence-electron chi connectivity index (χ3n) is 7.43. The molecule has 10 unspecified atom stereocenters. The van der Waals surface area contributed by atoms with E-state index >= 15 is 0 Å². The SMILES string of the molecule is COP(=O)(O)O.NC(=O)C1=CN(C2OC(COP(=O)(O)OP(=O)(O)OCC3COC(n4cnc5c(N)ncnc54)C(O)C3O)C(O)C2O)C=CC1. The summed E-state index contributed by atoms with van der Waals surface area (Å²) in [7, 11) is -13.9. The van der Waals surface area contributed by atoms with Crippen LogP contribution in [0.3, 0.4) is 0 Å². The highest BCUT2D eigenvalue weighted by Crippen LogP contribution is 2.60. The van der Waals surface area contributed by atoms with E-state index in [9.17, 15) is 48.7 Å². The van der Waals surface area contributed by atoms with Crippen LogP contribution in [0.1, 0.15) is 12.6 Å². The average molecular weight is 791 g/mol. The number of nitrogen functional groups attached to an aromatic ring is 1. The zero-order valence-electron chi connectivity index (χ0n) is 26.2. The highest BCUT2D eigenvalue weighted by Gasteiger charge is 2.47. The fourth-order valence-electron chi connectivity index (χ4n) is 4.86. The molecule has 0 bridgehead atoms. The highest BCUT2D eigenvalue weighted by molar-refractivity contribution is 7.61. The van der Waals surface area contributed by atoms with Crippen LogP contribution in [0.4, 0.5) is 5.82 Å². The second-order valence-corrected chi connectivity index (χ2v) is 15.3. The molecule has 5 rings (SSSR count). The monoisotopic (exact) mass is 791 g/mol. The number of primary amides is 1. The molecule has 28 heteroatoms. The van der Waals surface area contributed by atoms with Crippen LogP contribution in [0.5, 0.6) is 0 Å². The van der Waals surface area contributed by atoms with Crippen molar-refractivity contribution in [2.45, 2.75) is 49.4 Å². The number of nitrogens with two attached hydrogens (primary N) is 2. The molecule has 2 fully saturated rings. The van der Waals surface area contributed by atoms with Gasteiger partial charge in [-0.1, -0.05) is 6.08 Å². The minimum atomic E-state index is -5.34. The molecule has 5 heterocycles. The van der Waals surface area contributed by atoms with Crippen LogP contribution in [-0.4, -0.2) is 134 Å². The molecule has 12 N–H and O–H groups in total. The molecular weight excluding hydrogens is 755 g/mol. The third-order valence-corrected chi connectivity index (χ3v) is 10.5. The number of hydrogen-bond donors (Lipinski definition) is 10. The van der Waals surface area contributed by atoms with Crippen LogP contribution in [0.15, 0.2) is 36.7 Å². The number of aliphatic hydroxyl groups is 4. The summed E-state index contributed by atoms with van der Waals surface area (Å²) in [6.07, 6.45) is -3.14. The van der Waals surface area contributed by atoms with Gasteiger partial charge in [-0.25, -0.2) is 28.6 Å². The molecule has 0 radical (unpaired) electrons. The maximum Gasteiger partial charge on any atom is 0.481 e. The number of rotatable bonds is 12. The van der Waals surface area contributed by atoms with Crippen LogP contribution < -0.4 is 11.5 Å². The summed E-state index contributed by atoms with van der Waals surface area (Å²) in [5.74, 6) is -1.72. The minimum absolute atomic E-state index is 0.0842. The van der Waals surface area contributed by atoms with Crippen LogP contribution >= 0.6 is 23.5 Å². The van der Waals surface area contributed by atoms with Gasteiger partial charge in [0.2, 0.25) is 5.91 Å². The van der Waals surface area contributed by atoms with Gasteiger partial charge in [0, 0.05) is 31.0 Å². The van der Waals surface area contributed by atoms with Gasteiger partial charge in [0.05, 0.1) is 32.3 Å². The number of phosphoric acid groups is 3. The number of carbonyl (C=O) groups excluding carboxylic acids is 1. The Kier molecular flexibility index (Phi) is 13.3. The normalized spacial score (nSPS) is 30.6. The van der Waals surface area contributed by atoms with Gasteiger partial charge in [-0.05, 0) is 6.42 Å². The van der Waals surface area contributed by atoms with E-state index in [1.54, 1.807) is 6.08 Å². The highest BCUT2D eigenvalue weighted by atomic mass is 31.3. The number of aliphatic hydroxyl groups excluding tert-OH is 4. The lowest BCUT2D eigenvalue weighted by atomic mass is 9.95. The van der Waals surface area contributed by atoms with Gasteiger partial charge in [0.15, 0.2) is 23.9 Å².